The Morgan fingerprint density at radius 2 is 2.06 bits per heavy atom. The number of nitrogens with zero attached hydrogens (tertiary/aromatic N) is 1. The quantitative estimate of drug-likeness (QED) is 0.494. The summed E-state index contributed by atoms with van der Waals surface area (Å²) in [6.45, 7) is 1.62. The van der Waals surface area contributed by atoms with Crippen LogP contribution < -0.4 is 14.8 Å². The van der Waals surface area contributed by atoms with Crippen molar-refractivity contribution in [1.82, 2.24) is 10.2 Å². The average Bonchev–Trinajstić information content (AvgIpc) is 3.56. The summed E-state index contributed by atoms with van der Waals surface area (Å²) in [6.07, 6.45) is 7.34. The number of rotatable bonds is 7. The van der Waals surface area contributed by atoms with Gasteiger partial charge in [-0.1, -0.05) is 12.1 Å². The Morgan fingerprint density at radius 3 is 2.88 bits per heavy atom. The third kappa shape index (κ3) is 4.75. The smallest absolute Gasteiger partial charge is 0.276 e. The summed E-state index contributed by atoms with van der Waals surface area (Å²) in [7, 11) is 1.65. The Labute approximate surface area is 199 Å². The molecule has 172 valence electrons. The molecule has 3 aliphatic rings. The number of amides is 1. The molecule has 1 N–H and O–H groups in total. The van der Waals surface area contributed by atoms with Crippen LogP contribution in [-0.2, 0) is 29.0 Å². The zero-order valence-electron chi connectivity index (χ0n) is 18.8. The fraction of sp³-hybridized carbons (Fsp3) is 0.385. The summed E-state index contributed by atoms with van der Waals surface area (Å²) in [5.41, 5.74) is 5.06. The van der Waals surface area contributed by atoms with Crippen molar-refractivity contribution in [3.05, 3.63) is 64.3 Å². The van der Waals surface area contributed by atoms with Crippen molar-refractivity contribution >= 4 is 29.3 Å². The number of methoxy groups -OCH3 is 1. The fourth-order valence-electron chi connectivity index (χ4n) is 4.70. The maximum atomic E-state index is 12.9. The van der Waals surface area contributed by atoms with Gasteiger partial charge in [-0.05, 0) is 91.4 Å². The molecule has 1 aliphatic carbocycles. The number of carbonyl (C=O) groups excluding carboxylic acids is 1. The van der Waals surface area contributed by atoms with Gasteiger partial charge in [0, 0.05) is 12.2 Å². The van der Waals surface area contributed by atoms with E-state index in [1.165, 1.54) is 17.5 Å². The highest BCUT2D eigenvalue weighted by Crippen LogP contribution is 2.28. The van der Waals surface area contributed by atoms with E-state index in [0.717, 1.165) is 54.9 Å². The molecule has 0 saturated carbocycles. The van der Waals surface area contributed by atoms with Crippen LogP contribution in [0.5, 0.6) is 11.5 Å². The first kappa shape index (κ1) is 21.9. The zero-order valence-corrected chi connectivity index (χ0v) is 19.6. The van der Waals surface area contributed by atoms with Crippen LogP contribution in [-0.4, -0.2) is 42.3 Å². The highest BCUT2D eigenvalue weighted by atomic mass is 32.1. The SMILES string of the molecule is COc1ccc(/C=C2/NC(=S)N(CC3CCCO3)C2=O)cc1COc1ccc2c(c1)CCC2. The van der Waals surface area contributed by atoms with Crippen LogP contribution in [0.2, 0.25) is 0 Å². The minimum atomic E-state index is -0.123. The van der Waals surface area contributed by atoms with E-state index in [0.29, 0.717) is 24.0 Å². The van der Waals surface area contributed by atoms with Crippen LogP contribution in [0.25, 0.3) is 6.08 Å². The van der Waals surface area contributed by atoms with E-state index in [4.69, 9.17) is 26.4 Å². The van der Waals surface area contributed by atoms with Gasteiger partial charge in [0.15, 0.2) is 5.11 Å². The van der Waals surface area contributed by atoms with Crippen LogP contribution in [0.4, 0.5) is 0 Å². The third-order valence-electron chi connectivity index (χ3n) is 6.45. The van der Waals surface area contributed by atoms with Gasteiger partial charge in [0.2, 0.25) is 0 Å². The molecule has 0 radical (unpaired) electrons. The van der Waals surface area contributed by atoms with E-state index in [-0.39, 0.29) is 12.0 Å². The molecule has 33 heavy (non-hydrogen) atoms. The van der Waals surface area contributed by atoms with E-state index < -0.39 is 0 Å². The standard InChI is InChI=1S/C26H28N2O4S/c1-30-24-10-7-17(12-20(24)16-32-21-9-8-18-4-2-5-19(18)14-21)13-23-25(29)28(26(33)27-23)15-22-6-3-11-31-22/h7-10,12-14,22H,2-6,11,15-16H2,1H3,(H,27,33)/b23-13+. The van der Waals surface area contributed by atoms with E-state index in [1.807, 2.05) is 30.3 Å². The van der Waals surface area contributed by atoms with Gasteiger partial charge in [0.25, 0.3) is 5.91 Å². The number of thiocarbonyl (C=S) groups is 1. The number of fused-ring (bicyclic) bond motifs is 1. The molecular formula is C26H28N2O4S. The molecule has 7 heteroatoms. The first-order valence-corrected chi connectivity index (χ1v) is 11.9. The summed E-state index contributed by atoms with van der Waals surface area (Å²) in [5.74, 6) is 1.49. The van der Waals surface area contributed by atoms with Crippen LogP contribution in [0.3, 0.4) is 0 Å². The molecular weight excluding hydrogens is 436 g/mol. The van der Waals surface area contributed by atoms with Crippen molar-refractivity contribution in [1.29, 1.82) is 0 Å². The van der Waals surface area contributed by atoms with Crippen LogP contribution in [0.15, 0.2) is 42.1 Å². The van der Waals surface area contributed by atoms with Gasteiger partial charge in [0.1, 0.15) is 23.8 Å². The maximum absolute atomic E-state index is 12.9. The molecule has 0 bridgehead atoms. The van der Waals surface area contributed by atoms with Crippen molar-refractivity contribution in [2.45, 2.75) is 44.8 Å². The second kappa shape index (κ2) is 9.53. The number of nitrogens with one attached hydrogen (secondary N) is 1. The Hall–Kier alpha value is -2.90. The van der Waals surface area contributed by atoms with Crippen molar-refractivity contribution < 1.29 is 19.0 Å². The normalized spacial score (nSPS) is 20.9. The van der Waals surface area contributed by atoms with Crippen LogP contribution in [0, 0.1) is 0 Å². The van der Waals surface area contributed by atoms with Gasteiger partial charge >= 0.3 is 0 Å². The van der Waals surface area contributed by atoms with Gasteiger partial charge in [-0.3, -0.25) is 9.69 Å². The van der Waals surface area contributed by atoms with E-state index in [1.54, 1.807) is 12.0 Å². The summed E-state index contributed by atoms with van der Waals surface area (Å²) in [6, 6.07) is 12.2. The maximum Gasteiger partial charge on any atom is 0.276 e. The number of hydrogen-bond donors (Lipinski definition) is 1. The van der Waals surface area contributed by atoms with Crippen molar-refractivity contribution in [3.63, 3.8) is 0 Å². The molecule has 1 atom stereocenters. The van der Waals surface area contributed by atoms with Gasteiger partial charge in [-0.25, -0.2) is 0 Å². The molecule has 2 aromatic rings. The monoisotopic (exact) mass is 464 g/mol. The zero-order chi connectivity index (χ0) is 22.8. The Kier molecular flexibility index (Phi) is 6.33. The number of hydrogen-bond acceptors (Lipinski definition) is 5. The van der Waals surface area contributed by atoms with E-state index >= 15 is 0 Å². The number of carbonyl (C=O) groups is 1. The number of benzene rings is 2. The number of aryl methyl sites for hydroxylation is 2. The van der Waals surface area contributed by atoms with Crippen molar-refractivity contribution in [3.8, 4) is 11.5 Å². The molecule has 5 rings (SSSR count). The largest absolute Gasteiger partial charge is 0.496 e. The Bertz CT molecular complexity index is 1110. The molecule has 2 saturated heterocycles. The van der Waals surface area contributed by atoms with Crippen LogP contribution >= 0.6 is 12.2 Å². The van der Waals surface area contributed by atoms with Gasteiger partial charge in [-0.15, -0.1) is 0 Å². The molecule has 6 nitrogen and oxygen atoms in total. The first-order valence-electron chi connectivity index (χ1n) is 11.5. The average molecular weight is 465 g/mol. The molecule has 2 fully saturated rings. The van der Waals surface area contributed by atoms with Gasteiger partial charge < -0.3 is 19.5 Å². The topological polar surface area (TPSA) is 60.0 Å². The lowest BCUT2D eigenvalue weighted by Crippen LogP contribution is -2.37. The summed E-state index contributed by atoms with van der Waals surface area (Å²) < 4.78 is 17.3. The second-order valence-electron chi connectivity index (χ2n) is 8.68. The molecule has 2 aliphatic heterocycles. The van der Waals surface area contributed by atoms with E-state index in [2.05, 4.69) is 17.4 Å². The number of ether oxygens (including phenoxy) is 3. The van der Waals surface area contributed by atoms with E-state index in [9.17, 15) is 4.79 Å². The highest BCUT2D eigenvalue weighted by molar-refractivity contribution is 7.80. The highest BCUT2D eigenvalue weighted by Gasteiger charge is 2.33. The molecule has 1 amide bonds. The molecule has 0 aromatic heterocycles. The molecule has 2 heterocycles. The summed E-state index contributed by atoms with van der Waals surface area (Å²) >= 11 is 5.40. The minimum absolute atomic E-state index is 0.0528. The fourth-order valence-corrected chi connectivity index (χ4v) is 4.96. The van der Waals surface area contributed by atoms with Crippen molar-refractivity contribution in [2.75, 3.05) is 20.3 Å². The Morgan fingerprint density at radius 1 is 1.18 bits per heavy atom. The third-order valence-corrected chi connectivity index (χ3v) is 6.77. The Balaban J connectivity index is 1.30. The first-order chi connectivity index (χ1) is 16.1. The lowest BCUT2D eigenvalue weighted by atomic mass is 10.1. The second-order valence-corrected chi connectivity index (χ2v) is 9.07. The predicted molar refractivity (Wildman–Crippen MR) is 130 cm³/mol. The summed E-state index contributed by atoms with van der Waals surface area (Å²) in [4.78, 5) is 14.5. The van der Waals surface area contributed by atoms with Gasteiger partial charge in [0.05, 0.1) is 19.8 Å². The lowest BCUT2D eigenvalue weighted by Gasteiger charge is -2.18. The lowest BCUT2D eigenvalue weighted by molar-refractivity contribution is -0.123. The van der Waals surface area contributed by atoms with Crippen molar-refractivity contribution in [2.24, 2.45) is 0 Å². The van der Waals surface area contributed by atoms with Gasteiger partial charge in [-0.2, -0.15) is 0 Å². The summed E-state index contributed by atoms with van der Waals surface area (Å²) in [5, 5.41) is 3.48. The predicted octanol–water partition coefficient (Wildman–Crippen LogP) is 4.00. The molecule has 1 unspecified atom stereocenters. The molecule has 2 aromatic carbocycles. The molecule has 0 spiro atoms. The van der Waals surface area contributed by atoms with Crippen LogP contribution in [0.1, 0.15) is 41.5 Å². The minimum Gasteiger partial charge on any atom is -0.496 e.